The van der Waals surface area contributed by atoms with E-state index >= 15 is 0 Å². The molecule has 0 spiro atoms. The number of nitrogens with one attached hydrogen (secondary N) is 1. The molecule has 0 radical (unpaired) electrons. The van der Waals surface area contributed by atoms with Crippen LogP contribution in [0.15, 0.2) is 0 Å². The molecule has 0 aliphatic carbocycles. The Hall–Kier alpha value is -0.130. The van der Waals surface area contributed by atoms with Gasteiger partial charge in [-0.05, 0) is 32.7 Å². The minimum atomic E-state index is -2.87. The maximum Gasteiger partial charge on any atom is 0.151 e. The first-order valence-corrected chi connectivity index (χ1v) is 9.39. The zero-order valence-corrected chi connectivity index (χ0v) is 13.7. The highest BCUT2D eigenvalue weighted by atomic mass is 32.2. The Bertz CT molecular complexity index is 364. The summed E-state index contributed by atoms with van der Waals surface area (Å²) < 4.78 is 23.4. The van der Waals surface area contributed by atoms with Gasteiger partial charge < -0.3 is 5.32 Å². The van der Waals surface area contributed by atoms with Gasteiger partial charge in [0, 0.05) is 30.4 Å². The first kappa shape index (κ1) is 16.9. The number of hydrogen-bond donors (Lipinski definition) is 1. The third-order valence-corrected chi connectivity index (χ3v) is 6.36. The standard InChI is InChI=1S/C14H30N2O2S/c1-5-14(6-2)12-16(13(4)8-9-15-14)10-11-19(17,18)7-3/h13,15H,5-12H2,1-4H3. The molecular weight excluding hydrogens is 260 g/mol. The molecule has 1 fully saturated rings. The number of nitrogens with zero attached hydrogens (tertiary/aromatic N) is 1. The largest absolute Gasteiger partial charge is 0.310 e. The molecule has 1 aliphatic rings. The van der Waals surface area contributed by atoms with E-state index in [4.69, 9.17) is 0 Å². The van der Waals surface area contributed by atoms with E-state index in [-0.39, 0.29) is 17.0 Å². The van der Waals surface area contributed by atoms with Gasteiger partial charge in [0.2, 0.25) is 0 Å². The van der Waals surface area contributed by atoms with E-state index in [2.05, 4.69) is 31.0 Å². The minimum Gasteiger partial charge on any atom is -0.310 e. The SMILES string of the molecule is CCC1(CC)CN(CCS(=O)(=O)CC)C(C)CCN1. The molecule has 0 aromatic carbocycles. The minimum absolute atomic E-state index is 0.154. The van der Waals surface area contributed by atoms with Crippen molar-refractivity contribution in [2.75, 3.05) is 31.1 Å². The molecule has 1 heterocycles. The van der Waals surface area contributed by atoms with Crippen molar-refractivity contribution in [3.8, 4) is 0 Å². The van der Waals surface area contributed by atoms with Gasteiger partial charge in [0.05, 0.1) is 5.75 Å². The zero-order valence-electron chi connectivity index (χ0n) is 12.9. The normalized spacial score (nSPS) is 25.2. The highest BCUT2D eigenvalue weighted by Crippen LogP contribution is 2.22. The first-order valence-electron chi connectivity index (χ1n) is 7.57. The van der Waals surface area contributed by atoms with Crippen LogP contribution in [0.4, 0.5) is 0 Å². The van der Waals surface area contributed by atoms with Crippen molar-refractivity contribution < 1.29 is 8.42 Å². The van der Waals surface area contributed by atoms with Gasteiger partial charge in [-0.2, -0.15) is 0 Å². The van der Waals surface area contributed by atoms with Crippen molar-refractivity contribution in [2.24, 2.45) is 0 Å². The Kier molecular flexibility index (Phi) is 6.27. The number of rotatable bonds is 6. The number of hydrogen-bond acceptors (Lipinski definition) is 4. The predicted molar refractivity (Wildman–Crippen MR) is 81.3 cm³/mol. The molecule has 1 unspecified atom stereocenters. The molecule has 1 rings (SSSR count). The summed E-state index contributed by atoms with van der Waals surface area (Å²) in [7, 11) is -2.87. The second-order valence-corrected chi connectivity index (χ2v) is 8.23. The quantitative estimate of drug-likeness (QED) is 0.808. The van der Waals surface area contributed by atoms with Crippen LogP contribution in [0, 0.1) is 0 Å². The molecule has 1 aliphatic heterocycles. The summed E-state index contributed by atoms with van der Waals surface area (Å²) in [5.41, 5.74) is 0.154. The van der Waals surface area contributed by atoms with Crippen molar-refractivity contribution in [1.82, 2.24) is 10.2 Å². The lowest BCUT2D eigenvalue weighted by Gasteiger charge is -2.37. The van der Waals surface area contributed by atoms with Crippen molar-refractivity contribution in [1.29, 1.82) is 0 Å². The van der Waals surface area contributed by atoms with Gasteiger partial charge in [0.1, 0.15) is 0 Å². The van der Waals surface area contributed by atoms with E-state index in [9.17, 15) is 8.42 Å². The van der Waals surface area contributed by atoms with Gasteiger partial charge >= 0.3 is 0 Å². The van der Waals surface area contributed by atoms with E-state index in [1.54, 1.807) is 6.92 Å². The Morgan fingerprint density at radius 3 is 2.42 bits per heavy atom. The molecule has 114 valence electrons. The second-order valence-electron chi connectivity index (χ2n) is 5.76. The Morgan fingerprint density at radius 1 is 1.26 bits per heavy atom. The second kappa shape index (κ2) is 7.04. The Labute approximate surface area is 118 Å². The van der Waals surface area contributed by atoms with Crippen LogP contribution in [0.25, 0.3) is 0 Å². The van der Waals surface area contributed by atoms with Crippen LogP contribution in [0.1, 0.15) is 47.0 Å². The van der Waals surface area contributed by atoms with Crippen LogP contribution >= 0.6 is 0 Å². The molecule has 4 nitrogen and oxygen atoms in total. The molecule has 0 saturated carbocycles. The Balaban J connectivity index is 2.72. The molecule has 0 bridgehead atoms. The van der Waals surface area contributed by atoms with Crippen LogP contribution in [0.5, 0.6) is 0 Å². The molecule has 1 saturated heterocycles. The van der Waals surface area contributed by atoms with Crippen LogP contribution < -0.4 is 5.32 Å². The zero-order chi connectivity index (χ0) is 14.5. The average molecular weight is 290 g/mol. The lowest BCUT2D eigenvalue weighted by atomic mass is 9.92. The van der Waals surface area contributed by atoms with E-state index in [0.717, 1.165) is 32.4 Å². The summed E-state index contributed by atoms with van der Waals surface area (Å²) in [4.78, 5) is 2.36. The van der Waals surface area contributed by atoms with Gasteiger partial charge in [-0.15, -0.1) is 0 Å². The van der Waals surface area contributed by atoms with Gasteiger partial charge in [-0.1, -0.05) is 20.8 Å². The summed E-state index contributed by atoms with van der Waals surface area (Å²) in [6.45, 7) is 11.0. The molecular formula is C14H30N2O2S. The third kappa shape index (κ3) is 4.72. The molecule has 5 heteroatoms. The molecule has 0 aromatic rings. The molecule has 1 N–H and O–H groups in total. The van der Waals surface area contributed by atoms with E-state index in [1.165, 1.54) is 0 Å². The molecule has 0 aromatic heterocycles. The molecule has 19 heavy (non-hydrogen) atoms. The lowest BCUT2D eigenvalue weighted by molar-refractivity contribution is 0.168. The summed E-state index contributed by atoms with van der Waals surface area (Å²) in [6.07, 6.45) is 3.27. The van der Waals surface area contributed by atoms with Gasteiger partial charge in [0.15, 0.2) is 9.84 Å². The maximum atomic E-state index is 11.7. The lowest BCUT2D eigenvalue weighted by Crippen LogP contribution is -2.52. The molecule has 1 atom stereocenters. The topological polar surface area (TPSA) is 49.4 Å². The summed E-state index contributed by atoms with van der Waals surface area (Å²) >= 11 is 0. The van der Waals surface area contributed by atoms with Gasteiger partial charge in [-0.3, -0.25) is 4.90 Å². The third-order valence-electron chi connectivity index (χ3n) is 4.67. The Morgan fingerprint density at radius 2 is 1.89 bits per heavy atom. The van der Waals surface area contributed by atoms with Crippen LogP contribution in [0.2, 0.25) is 0 Å². The monoisotopic (exact) mass is 290 g/mol. The van der Waals surface area contributed by atoms with Crippen molar-refractivity contribution in [2.45, 2.75) is 58.5 Å². The van der Waals surface area contributed by atoms with Gasteiger partial charge in [-0.25, -0.2) is 8.42 Å². The maximum absolute atomic E-state index is 11.7. The van der Waals surface area contributed by atoms with Crippen molar-refractivity contribution in [3.63, 3.8) is 0 Å². The van der Waals surface area contributed by atoms with Crippen molar-refractivity contribution in [3.05, 3.63) is 0 Å². The highest BCUT2D eigenvalue weighted by Gasteiger charge is 2.33. The highest BCUT2D eigenvalue weighted by molar-refractivity contribution is 7.91. The van der Waals surface area contributed by atoms with Crippen LogP contribution in [-0.4, -0.2) is 56.0 Å². The predicted octanol–water partition coefficient (Wildman–Crippen LogP) is 1.66. The van der Waals surface area contributed by atoms with E-state index in [1.807, 2.05) is 0 Å². The number of sulfone groups is 1. The molecule has 0 amide bonds. The van der Waals surface area contributed by atoms with E-state index in [0.29, 0.717) is 12.6 Å². The average Bonchev–Trinajstić information content (AvgIpc) is 2.56. The fourth-order valence-corrected chi connectivity index (χ4v) is 3.55. The van der Waals surface area contributed by atoms with Crippen LogP contribution in [-0.2, 0) is 9.84 Å². The van der Waals surface area contributed by atoms with Gasteiger partial charge in [0.25, 0.3) is 0 Å². The van der Waals surface area contributed by atoms with E-state index < -0.39 is 9.84 Å². The summed E-state index contributed by atoms with van der Waals surface area (Å²) in [5, 5.41) is 3.67. The first-order chi connectivity index (χ1) is 8.88. The fraction of sp³-hybridized carbons (Fsp3) is 1.00. The smallest absolute Gasteiger partial charge is 0.151 e. The van der Waals surface area contributed by atoms with Crippen molar-refractivity contribution >= 4 is 9.84 Å². The summed E-state index contributed by atoms with van der Waals surface area (Å²) in [6, 6.07) is 0.458. The fourth-order valence-electron chi connectivity index (χ4n) is 2.75. The summed E-state index contributed by atoms with van der Waals surface area (Å²) in [5.74, 6) is 0.539. The van der Waals surface area contributed by atoms with Crippen LogP contribution in [0.3, 0.4) is 0 Å².